The smallest absolute Gasteiger partial charge is 0.387 e. The molecule has 1 aromatic carbocycles. The lowest BCUT2D eigenvalue weighted by atomic mass is 10.2. The van der Waals surface area contributed by atoms with E-state index in [1.54, 1.807) is 31.3 Å². The van der Waals surface area contributed by atoms with Gasteiger partial charge in [0, 0.05) is 31.0 Å². The van der Waals surface area contributed by atoms with Gasteiger partial charge in [0.2, 0.25) is 0 Å². The Kier molecular flexibility index (Phi) is 12.2. The Morgan fingerprint density at radius 3 is 2.65 bits per heavy atom. The summed E-state index contributed by atoms with van der Waals surface area (Å²) in [4.78, 5) is 8.92. The van der Waals surface area contributed by atoms with E-state index in [0.29, 0.717) is 37.1 Å². The lowest BCUT2D eigenvalue weighted by Gasteiger charge is -2.16. The number of hydrogen-bond acceptors (Lipinski definition) is 4. The number of aromatic nitrogens is 2. The van der Waals surface area contributed by atoms with Gasteiger partial charge in [-0.2, -0.15) is 8.78 Å². The lowest BCUT2D eigenvalue weighted by molar-refractivity contribution is -0.0520. The SMILES string of the molecule is CCNC(=NCc1cccc(OCC)c1OC(F)F)NCc1nccn1CC(C)C.I. The predicted octanol–water partition coefficient (Wildman–Crippen LogP) is 4.41. The summed E-state index contributed by atoms with van der Waals surface area (Å²) >= 11 is 0. The summed E-state index contributed by atoms with van der Waals surface area (Å²) in [6.07, 6.45) is 3.73. The number of guanidine groups is 1. The molecule has 0 fully saturated rings. The average Bonchev–Trinajstić information content (AvgIpc) is 3.12. The largest absolute Gasteiger partial charge is 0.490 e. The van der Waals surface area contributed by atoms with Crippen LogP contribution in [0.2, 0.25) is 0 Å². The first-order valence-electron chi connectivity index (χ1n) is 10.2. The third-order valence-electron chi connectivity index (χ3n) is 4.10. The fraction of sp³-hybridized carbons (Fsp3) is 0.524. The summed E-state index contributed by atoms with van der Waals surface area (Å²) in [5.41, 5.74) is 0.514. The van der Waals surface area contributed by atoms with Crippen LogP contribution < -0.4 is 20.1 Å². The second-order valence-electron chi connectivity index (χ2n) is 6.99. The van der Waals surface area contributed by atoms with E-state index < -0.39 is 6.61 Å². The van der Waals surface area contributed by atoms with Crippen LogP contribution >= 0.6 is 24.0 Å². The molecule has 0 amide bonds. The van der Waals surface area contributed by atoms with Crippen LogP contribution in [0.3, 0.4) is 0 Å². The maximum absolute atomic E-state index is 12.9. The van der Waals surface area contributed by atoms with Crippen molar-refractivity contribution in [2.24, 2.45) is 10.9 Å². The first-order valence-corrected chi connectivity index (χ1v) is 10.2. The standard InChI is InChI=1S/C21H31F2N5O2.HI/c1-5-24-21(27-13-18-25-10-11-28(18)14-15(3)4)26-12-16-8-7-9-17(29-6-2)19(16)30-20(22)23;/h7-11,15,20H,5-6,12-14H2,1-4H3,(H2,24,26,27);1H. The van der Waals surface area contributed by atoms with Gasteiger partial charge in [0.05, 0.1) is 19.7 Å². The molecule has 7 nitrogen and oxygen atoms in total. The predicted molar refractivity (Wildman–Crippen MR) is 128 cm³/mol. The Labute approximate surface area is 199 Å². The number of nitrogens with one attached hydrogen (secondary N) is 2. The molecule has 0 saturated carbocycles. The van der Waals surface area contributed by atoms with Crippen molar-refractivity contribution in [3.63, 3.8) is 0 Å². The van der Waals surface area contributed by atoms with Crippen molar-refractivity contribution in [3.05, 3.63) is 42.0 Å². The summed E-state index contributed by atoms with van der Waals surface area (Å²) in [5.74, 6) is 2.25. The zero-order valence-corrected chi connectivity index (χ0v) is 20.7. The Bertz CT molecular complexity index is 815. The van der Waals surface area contributed by atoms with Crippen LogP contribution in [0.25, 0.3) is 0 Å². The second kappa shape index (κ2) is 14.0. The molecule has 0 unspecified atom stereocenters. The van der Waals surface area contributed by atoms with Crippen molar-refractivity contribution < 1.29 is 18.3 Å². The highest BCUT2D eigenvalue weighted by atomic mass is 127. The van der Waals surface area contributed by atoms with E-state index in [9.17, 15) is 8.78 Å². The maximum Gasteiger partial charge on any atom is 0.387 e. The molecular weight excluding hydrogens is 519 g/mol. The fourth-order valence-corrected chi connectivity index (χ4v) is 2.91. The van der Waals surface area contributed by atoms with Crippen LogP contribution in [0, 0.1) is 5.92 Å². The zero-order valence-electron chi connectivity index (χ0n) is 18.4. The van der Waals surface area contributed by atoms with E-state index in [0.717, 1.165) is 12.4 Å². The van der Waals surface area contributed by atoms with Gasteiger partial charge in [0.1, 0.15) is 5.82 Å². The zero-order chi connectivity index (χ0) is 21.9. The van der Waals surface area contributed by atoms with Crippen LogP contribution in [0.15, 0.2) is 35.6 Å². The number of alkyl halides is 2. The molecule has 174 valence electrons. The third kappa shape index (κ3) is 8.88. The number of benzene rings is 1. The van der Waals surface area contributed by atoms with E-state index in [2.05, 4.69) is 39.0 Å². The minimum atomic E-state index is -2.94. The van der Waals surface area contributed by atoms with E-state index >= 15 is 0 Å². The van der Waals surface area contributed by atoms with Gasteiger partial charge in [-0.25, -0.2) is 9.98 Å². The molecule has 0 spiro atoms. The Morgan fingerprint density at radius 2 is 2.00 bits per heavy atom. The molecule has 0 aliphatic carbocycles. The van der Waals surface area contributed by atoms with Crippen LogP contribution in [-0.4, -0.2) is 35.3 Å². The molecule has 0 aliphatic rings. The van der Waals surface area contributed by atoms with Gasteiger partial charge in [-0.3, -0.25) is 0 Å². The maximum atomic E-state index is 12.9. The summed E-state index contributed by atoms with van der Waals surface area (Å²) in [7, 11) is 0. The first-order chi connectivity index (χ1) is 14.4. The molecule has 0 aliphatic heterocycles. The molecule has 0 atom stereocenters. The van der Waals surface area contributed by atoms with Crippen molar-refractivity contribution in [1.29, 1.82) is 0 Å². The molecule has 1 heterocycles. The van der Waals surface area contributed by atoms with Gasteiger partial charge in [-0.15, -0.1) is 24.0 Å². The number of rotatable bonds is 11. The minimum Gasteiger partial charge on any atom is -0.490 e. The summed E-state index contributed by atoms with van der Waals surface area (Å²) in [5, 5.41) is 6.40. The van der Waals surface area contributed by atoms with Crippen molar-refractivity contribution >= 4 is 29.9 Å². The van der Waals surface area contributed by atoms with E-state index in [1.807, 2.05) is 13.1 Å². The van der Waals surface area contributed by atoms with Crippen LogP contribution in [0.5, 0.6) is 11.5 Å². The highest BCUT2D eigenvalue weighted by Crippen LogP contribution is 2.33. The molecular formula is C21H32F2IN5O2. The molecule has 2 rings (SSSR count). The number of para-hydroxylation sites is 1. The Morgan fingerprint density at radius 1 is 1.23 bits per heavy atom. The van der Waals surface area contributed by atoms with Crippen molar-refractivity contribution in [2.75, 3.05) is 13.2 Å². The lowest BCUT2D eigenvalue weighted by Crippen LogP contribution is -2.37. The highest BCUT2D eigenvalue weighted by molar-refractivity contribution is 14.0. The molecule has 10 heteroatoms. The summed E-state index contributed by atoms with van der Waals surface area (Å²) < 4.78 is 38.0. The number of nitrogens with zero attached hydrogens (tertiary/aromatic N) is 3. The summed E-state index contributed by atoms with van der Waals surface area (Å²) in [6, 6.07) is 5.03. The van der Waals surface area contributed by atoms with Gasteiger partial charge in [-0.05, 0) is 25.8 Å². The van der Waals surface area contributed by atoms with Crippen LogP contribution in [0.1, 0.15) is 39.1 Å². The number of halogens is 3. The molecule has 2 N–H and O–H groups in total. The second-order valence-corrected chi connectivity index (χ2v) is 6.99. The Balaban J connectivity index is 0.00000480. The highest BCUT2D eigenvalue weighted by Gasteiger charge is 2.16. The van der Waals surface area contributed by atoms with Gasteiger partial charge in [0.15, 0.2) is 17.5 Å². The average molecular weight is 551 g/mol. The minimum absolute atomic E-state index is 0. The Hall–Kier alpha value is -2.11. The fourth-order valence-electron chi connectivity index (χ4n) is 2.91. The molecule has 2 aromatic rings. The molecule has 0 radical (unpaired) electrons. The van der Waals surface area contributed by atoms with Gasteiger partial charge >= 0.3 is 6.61 Å². The monoisotopic (exact) mass is 551 g/mol. The van der Waals surface area contributed by atoms with Crippen LogP contribution in [-0.2, 0) is 19.6 Å². The van der Waals surface area contributed by atoms with Gasteiger partial charge < -0.3 is 24.7 Å². The number of imidazole rings is 1. The topological polar surface area (TPSA) is 72.7 Å². The van der Waals surface area contributed by atoms with E-state index in [4.69, 9.17) is 9.47 Å². The normalized spacial score (nSPS) is 11.4. The van der Waals surface area contributed by atoms with E-state index in [-0.39, 0.29) is 42.0 Å². The van der Waals surface area contributed by atoms with Gasteiger partial charge in [0.25, 0.3) is 0 Å². The van der Waals surface area contributed by atoms with Crippen molar-refractivity contribution in [2.45, 2.75) is 53.9 Å². The van der Waals surface area contributed by atoms with Gasteiger partial charge in [-0.1, -0.05) is 26.0 Å². The molecule has 1 aromatic heterocycles. The van der Waals surface area contributed by atoms with Crippen LogP contribution in [0.4, 0.5) is 8.78 Å². The van der Waals surface area contributed by atoms with Crippen molar-refractivity contribution in [1.82, 2.24) is 20.2 Å². The quantitative estimate of drug-likeness (QED) is 0.246. The third-order valence-corrected chi connectivity index (χ3v) is 4.10. The molecule has 0 bridgehead atoms. The van der Waals surface area contributed by atoms with Crippen molar-refractivity contribution in [3.8, 4) is 11.5 Å². The molecule has 31 heavy (non-hydrogen) atoms. The molecule has 0 saturated heterocycles. The number of aliphatic imine (C=N–C) groups is 1. The first kappa shape index (κ1) is 26.9. The van der Waals surface area contributed by atoms with E-state index in [1.165, 1.54) is 0 Å². The summed E-state index contributed by atoms with van der Waals surface area (Å²) in [6.45, 7) is 7.63. The number of hydrogen-bond donors (Lipinski definition) is 2. The number of ether oxygens (including phenoxy) is 2.